The summed E-state index contributed by atoms with van der Waals surface area (Å²) in [6.45, 7) is 6.16. The van der Waals surface area contributed by atoms with Gasteiger partial charge in [-0.15, -0.1) is 0 Å². The van der Waals surface area contributed by atoms with E-state index in [1.807, 2.05) is 13.8 Å². The van der Waals surface area contributed by atoms with Crippen LogP contribution in [0.25, 0.3) is 33.0 Å². The molecule has 0 bridgehead atoms. The van der Waals surface area contributed by atoms with E-state index in [-0.39, 0.29) is 0 Å². The number of rotatable bonds is 0. The maximum Gasteiger partial charge on any atom is -0.00264 e. The SMILES string of the molecule is CC.Cc1ccc2c(c1)-c1cccc3cccc-2c13. The van der Waals surface area contributed by atoms with E-state index in [4.69, 9.17) is 0 Å². The third-order valence-corrected chi connectivity index (χ3v) is 3.66. The Morgan fingerprint density at radius 1 is 0.632 bits per heavy atom. The lowest BCUT2D eigenvalue weighted by atomic mass is 10.0. The third-order valence-electron chi connectivity index (χ3n) is 3.66. The summed E-state index contributed by atoms with van der Waals surface area (Å²) in [6, 6.07) is 19.9. The molecule has 0 aromatic heterocycles. The smallest absolute Gasteiger partial charge is 0.00264 e. The highest BCUT2D eigenvalue weighted by Gasteiger charge is 2.20. The maximum atomic E-state index is 2.30. The van der Waals surface area contributed by atoms with Gasteiger partial charge in [0.2, 0.25) is 0 Å². The first-order valence-corrected chi connectivity index (χ1v) is 6.98. The molecule has 0 saturated carbocycles. The molecule has 0 amide bonds. The molecule has 3 aromatic carbocycles. The Kier molecular flexibility index (Phi) is 2.87. The Bertz CT molecular complexity index is 746. The van der Waals surface area contributed by atoms with Crippen molar-refractivity contribution in [3.05, 3.63) is 60.2 Å². The lowest BCUT2D eigenvalue weighted by molar-refractivity contribution is 1.48. The van der Waals surface area contributed by atoms with Crippen LogP contribution in [0.3, 0.4) is 0 Å². The van der Waals surface area contributed by atoms with Gasteiger partial charge in [0.15, 0.2) is 0 Å². The predicted molar refractivity (Wildman–Crippen MR) is 84.5 cm³/mol. The van der Waals surface area contributed by atoms with Gasteiger partial charge in [0.05, 0.1) is 0 Å². The van der Waals surface area contributed by atoms with Crippen LogP contribution in [0.4, 0.5) is 0 Å². The maximum absolute atomic E-state index is 2.30. The van der Waals surface area contributed by atoms with Gasteiger partial charge in [0, 0.05) is 0 Å². The van der Waals surface area contributed by atoms with Crippen molar-refractivity contribution in [2.24, 2.45) is 0 Å². The van der Waals surface area contributed by atoms with Crippen molar-refractivity contribution < 1.29 is 0 Å². The van der Waals surface area contributed by atoms with Crippen LogP contribution >= 0.6 is 0 Å². The standard InChI is InChI=1S/C17H12.C2H6/c1-11-8-9-13-14-6-2-4-12-5-3-7-15(17(12)14)16(13)10-11;1-2/h2-10H,1H3;1-2H3. The molecule has 0 heteroatoms. The van der Waals surface area contributed by atoms with Crippen LogP contribution in [0.1, 0.15) is 19.4 Å². The lowest BCUT2D eigenvalue weighted by Crippen LogP contribution is -1.77. The average molecular weight is 246 g/mol. The Morgan fingerprint density at radius 2 is 1.26 bits per heavy atom. The number of benzene rings is 3. The molecule has 1 aliphatic rings. The van der Waals surface area contributed by atoms with E-state index < -0.39 is 0 Å². The Morgan fingerprint density at radius 3 is 1.95 bits per heavy atom. The first-order chi connectivity index (χ1) is 9.34. The molecule has 0 spiro atoms. The molecule has 94 valence electrons. The number of aryl methyl sites for hydroxylation is 1. The molecule has 0 N–H and O–H groups in total. The van der Waals surface area contributed by atoms with E-state index in [2.05, 4.69) is 61.5 Å². The van der Waals surface area contributed by atoms with Crippen LogP contribution < -0.4 is 0 Å². The van der Waals surface area contributed by atoms with Crippen LogP contribution in [-0.2, 0) is 0 Å². The van der Waals surface area contributed by atoms with Gasteiger partial charge in [-0.25, -0.2) is 0 Å². The second-order valence-corrected chi connectivity index (χ2v) is 4.76. The van der Waals surface area contributed by atoms with E-state index in [1.165, 1.54) is 38.6 Å². The van der Waals surface area contributed by atoms with Crippen molar-refractivity contribution in [2.45, 2.75) is 20.8 Å². The molecular weight excluding hydrogens is 228 g/mol. The molecule has 0 radical (unpaired) electrons. The van der Waals surface area contributed by atoms with Gasteiger partial charge in [0.1, 0.15) is 0 Å². The topological polar surface area (TPSA) is 0 Å². The highest BCUT2D eigenvalue weighted by atomic mass is 14.2. The summed E-state index contributed by atoms with van der Waals surface area (Å²) in [6.07, 6.45) is 0. The molecule has 0 fully saturated rings. The highest BCUT2D eigenvalue weighted by Crippen LogP contribution is 2.46. The minimum atomic E-state index is 1.33. The van der Waals surface area contributed by atoms with Gasteiger partial charge in [0.25, 0.3) is 0 Å². The molecule has 0 unspecified atom stereocenters. The van der Waals surface area contributed by atoms with Gasteiger partial charge >= 0.3 is 0 Å². The van der Waals surface area contributed by atoms with Crippen molar-refractivity contribution >= 4 is 10.8 Å². The van der Waals surface area contributed by atoms with Gasteiger partial charge in [-0.05, 0) is 39.9 Å². The summed E-state index contributed by atoms with van der Waals surface area (Å²) >= 11 is 0. The Balaban J connectivity index is 0.000000528. The van der Waals surface area contributed by atoms with Crippen molar-refractivity contribution in [3.63, 3.8) is 0 Å². The molecule has 4 rings (SSSR count). The number of hydrogen-bond acceptors (Lipinski definition) is 0. The summed E-state index contributed by atoms with van der Waals surface area (Å²) in [5, 5.41) is 2.75. The van der Waals surface area contributed by atoms with Crippen LogP contribution in [0, 0.1) is 6.92 Å². The first-order valence-electron chi connectivity index (χ1n) is 6.98. The van der Waals surface area contributed by atoms with E-state index in [9.17, 15) is 0 Å². The minimum Gasteiger partial charge on any atom is -0.0683 e. The second kappa shape index (κ2) is 4.55. The zero-order chi connectivity index (χ0) is 13.4. The van der Waals surface area contributed by atoms with Crippen LogP contribution in [0.2, 0.25) is 0 Å². The van der Waals surface area contributed by atoms with Gasteiger partial charge in [-0.1, -0.05) is 74.0 Å². The number of hydrogen-bond donors (Lipinski definition) is 0. The Hall–Kier alpha value is -2.08. The summed E-state index contributed by atoms with van der Waals surface area (Å²) in [5.74, 6) is 0. The van der Waals surface area contributed by atoms with Crippen molar-refractivity contribution in [2.75, 3.05) is 0 Å². The van der Waals surface area contributed by atoms with Gasteiger partial charge < -0.3 is 0 Å². The third kappa shape index (κ3) is 1.67. The average Bonchev–Trinajstić information content (AvgIpc) is 2.78. The van der Waals surface area contributed by atoms with Crippen LogP contribution in [0.5, 0.6) is 0 Å². The molecule has 0 heterocycles. The molecular formula is C19H18. The van der Waals surface area contributed by atoms with Crippen molar-refractivity contribution in [3.8, 4) is 22.3 Å². The summed E-state index contributed by atoms with van der Waals surface area (Å²) in [5.41, 5.74) is 6.86. The zero-order valence-electron chi connectivity index (χ0n) is 11.7. The highest BCUT2D eigenvalue weighted by molar-refractivity contribution is 6.15. The fourth-order valence-electron chi connectivity index (χ4n) is 2.91. The molecule has 0 atom stereocenters. The fraction of sp³-hybridized carbons (Fsp3) is 0.158. The normalized spacial score (nSPS) is 10.9. The quantitative estimate of drug-likeness (QED) is 0.366. The van der Waals surface area contributed by atoms with Crippen molar-refractivity contribution in [1.82, 2.24) is 0 Å². The first kappa shape index (κ1) is 12.0. The van der Waals surface area contributed by atoms with Gasteiger partial charge in [-0.2, -0.15) is 0 Å². The van der Waals surface area contributed by atoms with E-state index in [1.54, 1.807) is 0 Å². The summed E-state index contributed by atoms with van der Waals surface area (Å²) < 4.78 is 0. The summed E-state index contributed by atoms with van der Waals surface area (Å²) in [4.78, 5) is 0. The van der Waals surface area contributed by atoms with E-state index in [0.717, 1.165) is 0 Å². The molecule has 3 aromatic rings. The number of fused-ring (bicyclic) bond motifs is 3. The van der Waals surface area contributed by atoms with E-state index >= 15 is 0 Å². The van der Waals surface area contributed by atoms with Crippen molar-refractivity contribution in [1.29, 1.82) is 0 Å². The zero-order valence-corrected chi connectivity index (χ0v) is 11.7. The fourth-order valence-corrected chi connectivity index (χ4v) is 2.91. The molecule has 19 heavy (non-hydrogen) atoms. The lowest BCUT2D eigenvalue weighted by Gasteiger charge is -2.02. The molecule has 0 aliphatic heterocycles. The van der Waals surface area contributed by atoms with Crippen LogP contribution in [0.15, 0.2) is 54.6 Å². The summed E-state index contributed by atoms with van der Waals surface area (Å²) in [7, 11) is 0. The monoisotopic (exact) mass is 246 g/mol. The molecule has 0 saturated heterocycles. The Labute approximate surface area is 114 Å². The van der Waals surface area contributed by atoms with E-state index in [0.29, 0.717) is 0 Å². The molecule has 1 aliphatic carbocycles. The predicted octanol–water partition coefficient (Wildman–Crippen LogP) is 5.82. The minimum absolute atomic E-state index is 1.33. The van der Waals surface area contributed by atoms with Crippen LogP contribution in [-0.4, -0.2) is 0 Å². The second-order valence-electron chi connectivity index (χ2n) is 4.76. The molecule has 0 nitrogen and oxygen atoms in total. The van der Waals surface area contributed by atoms with Gasteiger partial charge in [-0.3, -0.25) is 0 Å². The largest absolute Gasteiger partial charge is 0.0683 e.